The van der Waals surface area contributed by atoms with Crippen LogP contribution >= 0.6 is 0 Å². The Kier molecular flexibility index (Phi) is 25.2. The van der Waals surface area contributed by atoms with Gasteiger partial charge in [-0.3, -0.25) is 0 Å². The maximum atomic E-state index is 8.93. The van der Waals surface area contributed by atoms with E-state index < -0.39 is 17.0 Å². The molecule has 0 N–H and O–H groups in total. The Labute approximate surface area is 100 Å². The molecular weight excluding hydrogens is 334 g/mol. The molecule has 0 amide bonds. The normalized spacial score (nSPS) is 5.67. The van der Waals surface area contributed by atoms with E-state index in [1.54, 1.807) is 0 Å². The summed E-state index contributed by atoms with van der Waals surface area (Å²) in [6, 6.07) is 0. The first kappa shape index (κ1) is 22.6. The molecular formula is C2NNbO7Zr+6. The molecule has 0 aliphatic carbocycles. The van der Waals surface area contributed by atoms with Gasteiger partial charge in [0.25, 0.3) is 0 Å². The molecule has 0 aliphatic heterocycles. The van der Waals surface area contributed by atoms with Crippen LogP contribution in [0.3, 0.4) is 0 Å². The molecule has 0 unspecified atom stereocenters. The minimum atomic E-state index is -2.19. The second-order valence-electron chi connectivity index (χ2n) is 0.799. The Bertz CT molecular complexity index is 143. The van der Waals surface area contributed by atoms with Crippen LogP contribution in [0.2, 0.25) is 0 Å². The van der Waals surface area contributed by atoms with E-state index >= 15 is 0 Å². The van der Waals surface area contributed by atoms with Crippen LogP contribution in [-0.2, 0) is 58.2 Å². The number of nitrogens with zero attached hydrogens (tertiary/aromatic N) is 1. The molecule has 0 fully saturated rings. The molecule has 0 aromatic heterocycles. The van der Waals surface area contributed by atoms with Crippen LogP contribution < -0.4 is 10.2 Å². The summed E-state index contributed by atoms with van der Waals surface area (Å²) in [7, 11) is 0. The van der Waals surface area contributed by atoms with E-state index in [0.29, 0.717) is 0 Å². The van der Waals surface area contributed by atoms with Gasteiger partial charge in [0.15, 0.2) is 0 Å². The summed E-state index contributed by atoms with van der Waals surface area (Å²) >= 11 is 0. The topological polar surface area (TPSA) is 146 Å². The van der Waals surface area contributed by atoms with Gasteiger partial charge < -0.3 is 35.1 Å². The largest absolute Gasteiger partial charge is 5.00 e. The van der Waals surface area contributed by atoms with Crippen molar-refractivity contribution in [2.24, 2.45) is 0 Å². The molecule has 0 saturated heterocycles. The zero-order valence-electron chi connectivity index (χ0n) is 5.25. The minimum Gasteiger partial charge on any atom is -0.543 e. The maximum Gasteiger partial charge on any atom is 5.00 e. The summed E-state index contributed by atoms with van der Waals surface area (Å²) in [5.74, 6) is -4.37. The number of carbonyl (C=O) groups is 2. The van der Waals surface area contributed by atoms with Crippen LogP contribution in [0.5, 0.6) is 0 Å². The Morgan fingerprint density at radius 2 is 1.08 bits per heavy atom. The standard InChI is InChI=1S/C2H2O4.NO3.Nb.Zr/c3-1(4)2(5)6;2-1(3)4;;/h(H,3,4)(H,5,6);;;/q;-1;+5;+4/p-2. The molecule has 0 aliphatic rings. The third-order valence-corrected chi connectivity index (χ3v) is 0.167. The molecule has 0 rings (SSSR count). The maximum absolute atomic E-state index is 8.93. The SMILES string of the molecule is O=C([O-])C(=O)[O-].O=[N+]([O-])[O-].[Nb+5].[Zr+4]. The van der Waals surface area contributed by atoms with Gasteiger partial charge in [0.1, 0.15) is 0 Å². The predicted molar refractivity (Wildman–Crippen MR) is 20.4 cm³/mol. The molecule has 0 heterocycles. The molecule has 0 aromatic carbocycles. The molecule has 12 heavy (non-hydrogen) atoms. The van der Waals surface area contributed by atoms with Crippen LogP contribution in [0.15, 0.2) is 0 Å². The number of rotatable bonds is 0. The molecule has 0 saturated carbocycles. The van der Waals surface area contributed by atoms with Crippen molar-refractivity contribution < 1.29 is 73.5 Å². The molecule has 0 atom stereocenters. The van der Waals surface area contributed by atoms with Gasteiger partial charge in [-0.1, -0.05) is 0 Å². The first-order valence-electron chi connectivity index (χ1n) is 1.61. The molecule has 0 radical (unpaired) electrons. The van der Waals surface area contributed by atoms with Gasteiger partial charge >= 0.3 is 48.6 Å². The summed E-state index contributed by atoms with van der Waals surface area (Å²) in [5.41, 5.74) is 0. The number of carboxylic acid groups (broad SMARTS) is 2. The molecule has 0 bridgehead atoms. The summed E-state index contributed by atoms with van der Waals surface area (Å²) < 4.78 is 0. The second-order valence-corrected chi connectivity index (χ2v) is 0.799. The Morgan fingerprint density at radius 3 is 1.08 bits per heavy atom. The average Bonchev–Trinajstić information content (AvgIpc) is 1.63. The van der Waals surface area contributed by atoms with Gasteiger partial charge in [0.05, 0.1) is 17.0 Å². The van der Waals surface area contributed by atoms with Gasteiger partial charge in [0, 0.05) is 0 Å². The molecule has 10 heteroatoms. The Hall–Kier alpha value is -0.237. The summed E-state index contributed by atoms with van der Waals surface area (Å²) in [6.45, 7) is 0. The van der Waals surface area contributed by atoms with Gasteiger partial charge in [-0.05, 0) is 0 Å². The van der Waals surface area contributed by atoms with Crippen molar-refractivity contribution in [2.45, 2.75) is 0 Å². The quantitative estimate of drug-likeness (QED) is 0.191. The third-order valence-electron chi connectivity index (χ3n) is 0.167. The van der Waals surface area contributed by atoms with Gasteiger partial charge in [-0.25, -0.2) is 0 Å². The Morgan fingerprint density at radius 1 is 1.00 bits per heavy atom. The monoisotopic (exact) mass is 333 g/mol. The van der Waals surface area contributed by atoms with Crippen molar-refractivity contribution in [3.05, 3.63) is 15.3 Å². The minimum absolute atomic E-state index is 0. The first-order valence-corrected chi connectivity index (χ1v) is 1.61. The summed E-state index contributed by atoms with van der Waals surface area (Å²) in [6.07, 6.45) is 0. The fraction of sp³-hybridized carbons (Fsp3) is 0. The van der Waals surface area contributed by atoms with E-state index in [4.69, 9.17) is 35.1 Å². The zero-order valence-corrected chi connectivity index (χ0v) is 9.91. The van der Waals surface area contributed by atoms with E-state index in [0.717, 1.165) is 0 Å². The third kappa shape index (κ3) is 52.9. The Balaban J connectivity index is -0.0000000483. The van der Waals surface area contributed by atoms with Crippen molar-refractivity contribution in [3.8, 4) is 0 Å². The second kappa shape index (κ2) is 13.4. The van der Waals surface area contributed by atoms with Crippen LogP contribution in [0.25, 0.3) is 0 Å². The first-order chi connectivity index (χ1) is 4.37. The smallest absolute Gasteiger partial charge is 0.543 e. The van der Waals surface area contributed by atoms with Crippen molar-refractivity contribution in [2.75, 3.05) is 0 Å². The van der Waals surface area contributed by atoms with E-state index in [-0.39, 0.29) is 48.6 Å². The van der Waals surface area contributed by atoms with Gasteiger partial charge in [-0.2, -0.15) is 0 Å². The van der Waals surface area contributed by atoms with E-state index in [1.807, 2.05) is 0 Å². The molecule has 8 nitrogen and oxygen atoms in total. The molecule has 58 valence electrons. The van der Waals surface area contributed by atoms with Crippen molar-refractivity contribution in [1.82, 2.24) is 0 Å². The van der Waals surface area contributed by atoms with Crippen LogP contribution in [0, 0.1) is 15.3 Å². The number of aliphatic carboxylic acids is 2. The van der Waals surface area contributed by atoms with Crippen molar-refractivity contribution >= 4 is 11.9 Å². The summed E-state index contributed by atoms with van der Waals surface area (Å²) in [4.78, 5) is 26.1. The number of hydrogen-bond acceptors (Lipinski definition) is 7. The van der Waals surface area contributed by atoms with Crippen LogP contribution in [0.4, 0.5) is 0 Å². The number of hydrogen-bond donors (Lipinski definition) is 0. The van der Waals surface area contributed by atoms with Crippen molar-refractivity contribution in [3.63, 3.8) is 0 Å². The van der Waals surface area contributed by atoms with E-state index in [9.17, 15) is 0 Å². The summed E-state index contributed by atoms with van der Waals surface area (Å²) in [5, 5.41) is 32.6. The molecule has 0 aromatic rings. The van der Waals surface area contributed by atoms with Crippen molar-refractivity contribution in [1.29, 1.82) is 0 Å². The fourth-order valence-electron chi connectivity index (χ4n) is 0. The van der Waals surface area contributed by atoms with E-state index in [1.165, 1.54) is 0 Å². The fourth-order valence-corrected chi connectivity index (χ4v) is 0. The predicted octanol–water partition coefficient (Wildman–Crippen LogP) is -3.76. The van der Waals surface area contributed by atoms with Gasteiger partial charge in [-0.15, -0.1) is 0 Å². The van der Waals surface area contributed by atoms with Gasteiger partial charge in [0.2, 0.25) is 0 Å². The molecule has 0 spiro atoms. The average molecular weight is 334 g/mol. The number of carbonyl (C=O) groups excluding carboxylic acids is 2. The van der Waals surface area contributed by atoms with E-state index in [2.05, 4.69) is 0 Å². The zero-order chi connectivity index (χ0) is 8.73. The number of carboxylic acids is 2. The van der Waals surface area contributed by atoms with Crippen LogP contribution in [0.1, 0.15) is 0 Å². The van der Waals surface area contributed by atoms with Crippen LogP contribution in [-0.4, -0.2) is 17.0 Å².